The second-order valence-electron chi connectivity index (χ2n) is 6.11. The van der Waals surface area contributed by atoms with Gasteiger partial charge in [-0.25, -0.2) is 0 Å². The minimum atomic E-state index is 0.141. The lowest BCUT2D eigenvalue weighted by atomic mass is 9.77. The molecule has 0 bridgehead atoms. The maximum atomic E-state index is 6.23. The van der Waals surface area contributed by atoms with Gasteiger partial charge in [0.15, 0.2) is 0 Å². The minimum absolute atomic E-state index is 0.141. The molecule has 5 heteroatoms. The molecule has 0 amide bonds. The van der Waals surface area contributed by atoms with E-state index >= 15 is 0 Å². The van der Waals surface area contributed by atoms with Gasteiger partial charge in [-0.05, 0) is 61.3 Å². The van der Waals surface area contributed by atoms with Gasteiger partial charge in [0.1, 0.15) is 0 Å². The van der Waals surface area contributed by atoms with Crippen molar-refractivity contribution in [3.8, 4) is 0 Å². The molecule has 0 saturated carbocycles. The van der Waals surface area contributed by atoms with Crippen molar-refractivity contribution in [3.05, 3.63) is 24.0 Å². The van der Waals surface area contributed by atoms with Gasteiger partial charge in [-0.1, -0.05) is 6.92 Å². The van der Waals surface area contributed by atoms with Crippen LogP contribution in [0.25, 0.3) is 0 Å². The van der Waals surface area contributed by atoms with Crippen LogP contribution in [0.3, 0.4) is 0 Å². The van der Waals surface area contributed by atoms with Crippen LogP contribution in [0.1, 0.15) is 44.2 Å². The van der Waals surface area contributed by atoms with Gasteiger partial charge in [-0.2, -0.15) is 22.0 Å². The molecule has 0 aliphatic carbocycles. The van der Waals surface area contributed by atoms with E-state index in [1.54, 1.807) is 6.20 Å². The van der Waals surface area contributed by atoms with Crippen molar-refractivity contribution in [1.29, 1.82) is 0 Å². The maximum absolute atomic E-state index is 6.23. The van der Waals surface area contributed by atoms with Crippen molar-refractivity contribution in [1.82, 2.24) is 15.5 Å². The van der Waals surface area contributed by atoms with Crippen molar-refractivity contribution in [2.24, 2.45) is 5.92 Å². The molecule has 1 N–H and O–H groups in total. The Hall–Kier alpha value is -0.650. The number of rotatable bonds is 4. The predicted octanol–water partition coefficient (Wildman–Crippen LogP) is 2.82. The largest absolute Gasteiger partial charge is 0.375 e. The van der Waals surface area contributed by atoms with E-state index in [4.69, 9.17) is 4.74 Å². The summed E-state index contributed by atoms with van der Waals surface area (Å²) in [5, 5.41) is 11.6. The van der Waals surface area contributed by atoms with Crippen molar-refractivity contribution < 1.29 is 4.74 Å². The molecule has 0 aromatic carbocycles. The maximum Gasteiger partial charge on any atom is 0.0701 e. The van der Waals surface area contributed by atoms with E-state index in [-0.39, 0.29) is 5.60 Å². The molecule has 1 aromatic heterocycles. The molecule has 1 aromatic rings. The fourth-order valence-electron chi connectivity index (χ4n) is 3.70. The summed E-state index contributed by atoms with van der Waals surface area (Å²) in [6.45, 7) is 4.05. The summed E-state index contributed by atoms with van der Waals surface area (Å²) in [7, 11) is 0. The van der Waals surface area contributed by atoms with Gasteiger partial charge < -0.3 is 10.1 Å². The molecule has 3 heterocycles. The highest BCUT2D eigenvalue weighted by Crippen LogP contribution is 2.43. The number of hydrogen-bond acceptors (Lipinski definition) is 5. The minimum Gasteiger partial charge on any atom is -0.375 e. The molecule has 2 aliphatic rings. The highest BCUT2D eigenvalue weighted by atomic mass is 32.2. The van der Waals surface area contributed by atoms with Gasteiger partial charge in [0.25, 0.3) is 0 Å². The average molecular weight is 307 g/mol. The van der Waals surface area contributed by atoms with Crippen LogP contribution in [-0.4, -0.2) is 40.5 Å². The normalized spacial score (nSPS) is 26.6. The number of nitrogens with one attached hydrogen (secondary N) is 1. The summed E-state index contributed by atoms with van der Waals surface area (Å²) in [6.07, 6.45) is 8.43. The highest BCUT2D eigenvalue weighted by molar-refractivity contribution is 7.99. The fraction of sp³-hybridized carbons (Fsp3) is 0.750. The van der Waals surface area contributed by atoms with Gasteiger partial charge in [-0.3, -0.25) is 0 Å². The zero-order valence-electron chi connectivity index (χ0n) is 12.8. The molecule has 2 fully saturated rings. The van der Waals surface area contributed by atoms with E-state index in [9.17, 15) is 0 Å². The van der Waals surface area contributed by atoms with E-state index in [0.717, 1.165) is 19.6 Å². The van der Waals surface area contributed by atoms with Crippen LogP contribution in [0.2, 0.25) is 0 Å². The third-order valence-corrected chi connectivity index (χ3v) is 5.78. The standard InChI is InChI=1S/C16H25N3OS/c1-2-17-15(14-3-7-18-19-12-14)13-4-8-20-16(11-13)5-9-21-10-6-16/h3,7,12-13,15,17H,2,4-6,8-11H2,1H3. The molecule has 4 nitrogen and oxygen atoms in total. The van der Waals surface area contributed by atoms with Crippen LogP contribution in [0.5, 0.6) is 0 Å². The van der Waals surface area contributed by atoms with Crippen LogP contribution in [0.15, 0.2) is 18.5 Å². The molecule has 2 saturated heterocycles. The van der Waals surface area contributed by atoms with Gasteiger partial charge in [0.2, 0.25) is 0 Å². The lowest BCUT2D eigenvalue weighted by molar-refractivity contribution is -0.107. The van der Waals surface area contributed by atoms with E-state index in [1.165, 1.54) is 36.3 Å². The van der Waals surface area contributed by atoms with Gasteiger partial charge in [0, 0.05) is 18.8 Å². The molecule has 0 radical (unpaired) electrons. The van der Waals surface area contributed by atoms with Crippen LogP contribution in [0.4, 0.5) is 0 Å². The average Bonchev–Trinajstić information content (AvgIpc) is 2.54. The van der Waals surface area contributed by atoms with E-state index in [2.05, 4.69) is 40.3 Å². The van der Waals surface area contributed by atoms with Crippen molar-refractivity contribution in [3.63, 3.8) is 0 Å². The van der Waals surface area contributed by atoms with Crippen molar-refractivity contribution >= 4 is 11.8 Å². The summed E-state index contributed by atoms with van der Waals surface area (Å²) < 4.78 is 6.23. The smallest absolute Gasteiger partial charge is 0.0701 e. The Balaban J connectivity index is 1.76. The molecule has 3 rings (SSSR count). The Bertz CT molecular complexity index is 431. The highest BCUT2D eigenvalue weighted by Gasteiger charge is 2.41. The lowest BCUT2D eigenvalue weighted by Gasteiger charge is -2.45. The monoisotopic (exact) mass is 307 g/mol. The first-order valence-electron chi connectivity index (χ1n) is 8.05. The molecular weight excluding hydrogens is 282 g/mol. The topological polar surface area (TPSA) is 47.0 Å². The first-order chi connectivity index (χ1) is 10.3. The van der Waals surface area contributed by atoms with E-state index in [0.29, 0.717) is 12.0 Å². The van der Waals surface area contributed by atoms with Crippen LogP contribution < -0.4 is 5.32 Å². The Morgan fingerprint density at radius 2 is 2.29 bits per heavy atom. The molecular formula is C16H25N3OS. The summed E-state index contributed by atoms with van der Waals surface area (Å²) >= 11 is 2.06. The first kappa shape index (κ1) is 15.3. The van der Waals surface area contributed by atoms with Crippen LogP contribution >= 0.6 is 11.8 Å². The van der Waals surface area contributed by atoms with Gasteiger partial charge in [0.05, 0.1) is 11.8 Å². The summed E-state index contributed by atoms with van der Waals surface area (Å²) in [5.41, 5.74) is 1.40. The third-order valence-electron chi connectivity index (χ3n) is 4.80. The zero-order valence-corrected chi connectivity index (χ0v) is 13.6. The van der Waals surface area contributed by atoms with Crippen LogP contribution in [0, 0.1) is 5.92 Å². The summed E-state index contributed by atoms with van der Waals surface area (Å²) in [5.74, 6) is 3.12. The predicted molar refractivity (Wildman–Crippen MR) is 86.4 cm³/mol. The number of aromatic nitrogens is 2. The zero-order chi connectivity index (χ0) is 14.5. The van der Waals surface area contributed by atoms with E-state index in [1.807, 2.05) is 6.20 Å². The summed E-state index contributed by atoms with van der Waals surface area (Å²) in [4.78, 5) is 0. The number of nitrogens with zero attached hydrogens (tertiary/aromatic N) is 2. The SMILES string of the molecule is CCNC(c1ccnnc1)C1CCOC2(CCSCC2)C1. The third kappa shape index (κ3) is 3.58. The van der Waals surface area contributed by atoms with Crippen molar-refractivity contribution in [2.45, 2.75) is 44.2 Å². The second kappa shape index (κ2) is 7.07. The second-order valence-corrected chi connectivity index (χ2v) is 7.33. The van der Waals surface area contributed by atoms with Gasteiger partial charge in [-0.15, -0.1) is 0 Å². The van der Waals surface area contributed by atoms with Crippen LogP contribution in [-0.2, 0) is 4.74 Å². The number of thioether (sulfide) groups is 1. The summed E-state index contributed by atoms with van der Waals surface area (Å²) in [6, 6.07) is 2.47. The molecule has 116 valence electrons. The van der Waals surface area contributed by atoms with Crippen molar-refractivity contribution in [2.75, 3.05) is 24.7 Å². The Morgan fingerprint density at radius 3 is 3.00 bits per heavy atom. The first-order valence-corrected chi connectivity index (χ1v) is 9.20. The number of hydrogen-bond donors (Lipinski definition) is 1. The lowest BCUT2D eigenvalue weighted by Crippen LogP contribution is -2.45. The number of ether oxygens (including phenoxy) is 1. The molecule has 1 spiro atoms. The van der Waals surface area contributed by atoms with Gasteiger partial charge >= 0.3 is 0 Å². The Kier molecular flexibility index (Phi) is 5.14. The molecule has 2 unspecified atom stereocenters. The molecule has 21 heavy (non-hydrogen) atoms. The molecule has 2 atom stereocenters. The Morgan fingerprint density at radius 1 is 1.43 bits per heavy atom. The fourth-order valence-corrected chi connectivity index (χ4v) is 4.94. The quantitative estimate of drug-likeness (QED) is 0.927. The Labute approximate surface area is 131 Å². The molecule has 2 aliphatic heterocycles. The van der Waals surface area contributed by atoms with E-state index < -0.39 is 0 Å².